The number of amides is 1. The van der Waals surface area contributed by atoms with E-state index in [0.717, 1.165) is 35.3 Å². The lowest BCUT2D eigenvalue weighted by Gasteiger charge is -2.21. The molecule has 0 aliphatic rings. The second-order valence-corrected chi connectivity index (χ2v) is 9.16. The number of nitrogens with zero attached hydrogens (tertiary/aromatic N) is 3. The molecule has 0 fully saturated rings. The van der Waals surface area contributed by atoms with Crippen molar-refractivity contribution in [3.63, 3.8) is 0 Å². The fourth-order valence-electron chi connectivity index (χ4n) is 2.85. The number of rotatable bonds is 9. The number of hydrogen-bond donors (Lipinski definition) is 0. The summed E-state index contributed by atoms with van der Waals surface area (Å²) >= 11 is 2.56. The molecule has 0 saturated heterocycles. The molecule has 0 radical (unpaired) electrons. The highest BCUT2D eigenvalue weighted by molar-refractivity contribution is 7.99. The third-order valence-electron chi connectivity index (χ3n) is 4.32. The van der Waals surface area contributed by atoms with Crippen molar-refractivity contribution in [2.45, 2.75) is 17.7 Å². The van der Waals surface area contributed by atoms with E-state index >= 15 is 0 Å². The zero-order valence-electron chi connectivity index (χ0n) is 16.7. The third kappa shape index (κ3) is 5.96. The van der Waals surface area contributed by atoms with Crippen LogP contribution in [0.2, 0.25) is 0 Å². The largest absolute Gasteiger partial charge is 0.309 e. The predicted octanol–water partition coefficient (Wildman–Crippen LogP) is 5.18. The third-order valence-corrected chi connectivity index (χ3v) is 6.36. The van der Waals surface area contributed by atoms with Gasteiger partial charge in [0.1, 0.15) is 17.2 Å². The average molecular weight is 454 g/mol. The fraction of sp³-hybridized carbons (Fsp3) is 0.333. The minimum Gasteiger partial charge on any atom is -0.309 e. The number of aromatic nitrogens is 1. The van der Waals surface area contributed by atoms with Gasteiger partial charge in [0.2, 0.25) is 5.91 Å². The van der Waals surface area contributed by atoms with Crippen LogP contribution >= 0.6 is 23.1 Å². The molecule has 0 spiro atoms. The molecule has 3 rings (SSSR count). The number of anilines is 1. The number of carbonyl (C=O) groups is 1. The van der Waals surface area contributed by atoms with Crippen LogP contribution in [0.25, 0.3) is 10.2 Å². The molecule has 0 bridgehead atoms. The Morgan fingerprint density at radius 3 is 2.50 bits per heavy atom. The van der Waals surface area contributed by atoms with Gasteiger partial charge >= 0.3 is 0 Å². The van der Waals surface area contributed by atoms with Crippen molar-refractivity contribution in [2.75, 3.05) is 37.8 Å². The summed E-state index contributed by atoms with van der Waals surface area (Å²) in [5.74, 6) is -1.33. The first kappa shape index (κ1) is 22.6. The number of fused-ring (bicyclic) bond motifs is 1. The normalized spacial score (nSPS) is 11.4. The molecular formula is C21H22F3N3OS2. The van der Waals surface area contributed by atoms with Gasteiger partial charge in [0.15, 0.2) is 10.9 Å². The molecule has 9 heteroatoms. The molecule has 0 aliphatic heterocycles. The van der Waals surface area contributed by atoms with E-state index in [1.165, 1.54) is 30.0 Å². The van der Waals surface area contributed by atoms with E-state index in [1.807, 2.05) is 19.0 Å². The number of thiazole rings is 1. The van der Waals surface area contributed by atoms with Crippen LogP contribution in [-0.4, -0.2) is 48.7 Å². The summed E-state index contributed by atoms with van der Waals surface area (Å²) in [6.45, 7) is 1.21. The van der Waals surface area contributed by atoms with Gasteiger partial charge in [-0.25, -0.2) is 18.2 Å². The Balaban J connectivity index is 1.73. The lowest BCUT2D eigenvalue weighted by Crippen LogP contribution is -2.33. The number of hydrogen-bond acceptors (Lipinski definition) is 5. The summed E-state index contributed by atoms with van der Waals surface area (Å²) in [4.78, 5) is 21.6. The van der Waals surface area contributed by atoms with Crippen LogP contribution < -0.4 is 4.90 Å². The van der Waals surface area contributed by atoms with E-state index in [0.29, 0.717) is 22.1 Å². The monoisotopic (exact) mass is 453 g/mol. The smallest absolute Gasteiger partial charge is 0.229 e. The molecule has 1 aromatic heterocycles. The van der Waals surface area contributed by atoms with Crippen molar-refractivity contribution in [2.24, 2.45) is 0 Å². The number of halogens is 3. The Hall–Kier alpha value is -2.10. The van der Waals surface area contributed by atoms with Crippen molar-refractivity contribution in [3.8, 4) is 0 Å². The molecule has 4 nitrogen and oxygen atoms in total. The minimum atomic E-state index is -0.736. The summed E-state index contributed by atoms with van der Waals surface area (Å²) in [5.41, 5.74) is 0.0718. The van der Waals surface area contributed by atoms with Gasteiger partial charge in [-0.1, -0.05) is 11.3 Å². The maximum atomic E-state index is 14.1. The summed E-state index contributed by atoms with van der Waals surface area (Å²) in [6.07, 6.45) is 0.966. The van der Waals surface area contributed by atoms with E-state index in [2.05, 4.69) is 4.98 Å². The highest BCUT2D eigenvalue weighted by Crippen LogP contribution is 2.32. The molecule has 1 amide bonds. The van der Waals surface area contributed by atoms with Crippen molar-refractivity contribution >= 4 is 44.4 Å². The van der Waals surface area contributed by atoms with Gasteiger partial charge in [-0.05, 0) is 57.4 Å². The van der Waals surface area contributed by atoms with Crippen LogP contribution in [0.5, 0.6) is 0 Å². The fourth-order valence-corrected chi connectivity index (χ4v) is 4.74. The second kappa shape index (κ2) is 10.3. The molecule has 160 valence electrons. The summed E-state index contributed by atoms with van der Waals surface area (Å²) in [7, 11) is 3.89. The first-order valence-corrected chi connectivity index (χ1v) is 11.2. The van der Waals surface area contributed by atoms with Crippen LogP contribution in [0.1, 0.15) is 12.8 Å². The van der Waals surface area contributed by atoms with Crippen LogP contribution in [0.3, 0.4) is 0 Å². The Morgan fingerprint density at radius 2 is 1.80 bits per heavy atom. The van der Waals surface area contributed by atoms with E-state index < -0.39 is 11.6 Å². The first-order chi connectivity index (χ1) is 14.3. The van der Waals surface area contributed by atoms with Crippen molar-refractivity contribution in [1.29, 1.82) is 0 Å². The van der Waals surface area contributed by atoms with Crippen LogP contribution in [0, 0.1) is 17.5 Å². The molecule has 2 aromatic carbocycles. The predicted molar refractivity (Wildman–Crippen MR) is 117 cm³/mol. The quantitative estimate of drug-likeness (QED) is 0.418. The standard InChI is InChI=1S/C21H22F3N3OS2/c1-26(2)9-3-10-27(19(28)8-11-29-16-6-4-14(22)5-7-16)21-25-20-17(24)12-15(23)13-18(20)30-21/h4-7,12-13H,3,8-11H2,1-2H3. The Kier molecular flexibility index (Phi) is 7.74. The lowest BCUT2D eigenvalue weighted by molar-refractivity contribution is -0.118. The van der Waals surface area contributed by atoms with Crippen LogP contribution in [-0.2, 0) is 4.79 Å². The maximum Gasteiger partial charge on any atom is 0.229 e. The Labute approximate surface area is 181 Å². The molecule has 0 unspecified atom stereocenters. The molecule has 3 aromatic rings. The topological polar surface area (TPSA) is 36.4 Å². The minimum absolute atomic E-state index is 0.0718. The molecule has 1 heterocycles. The average Bonchev–Trinajstić information content (AvgIpc) is 3.10. The Bertz CT molecular complexity index is 1010. The van der Waals surface area contributed by atoms with Gasteiger partial charge in [-0.2, -0.15) is 0 Å². The van der Waals surface area contributed by atoms with Gasteiger partial charge in [-0.15, -0.1) is 11.8 Å². The van der Waals surface area contributed by atoms with E-state index in [1.54, 1.807) is 17.0 Å². The van der Waals surface area contributed by atoms with E-state index in [9.17, 15) is 18.0 Å². The SMILES string of the molecule is CN(C)CCCN(C(=O)CCSc1ccc(F)cc1)c1nc2c(F)cc(F)cc2s1. The zero-order chi connectivity index (χ0) is 21.7. The zero-order valence-corrected chi connectivity index (χ0v) is 18.3. The van der Waals surface area contributed by atoms with Crippen LogP contribution in [0.15, 0.2) is 41.3 Å². The maximum absolute atomic E-state index is 14.1. The molecule has 0 aliphatic carbocycles. The summed E-state index contributed by atoms with van der Waals surface area (Å²) in [5, 5.41) is 0.366. The first-order valence-electron chi connectivity index (χ1n) is 9.42. The molecule has 0 atom stereocenters. The van der Waals surface area contributed by atoms with Gasteiger partial charge in [0.25, 0.3) is 0 Å². The summed E-state index contributed by atoms with van der Waals surface area (Å²) in [6, 6.07) is 8.13. The Morgan fingerprint density at radius 1 is 1.07 bits per heavy atom. The van der Waals surface area contributed by atoms with Gasteiger partial charge in [0, 0.05) is 29.7 Å². The van der Waals surface area contributed by atoms with Crippen LogP contribution in [0.4, 0.5) is 18.3 Å². The number of carbonyl (C=O) groups excluding carboxylic acids is 1. The van der Waals surface area contributed by atoms with E-state index in [-0.39, 0.29) is 23.7 Å². The highest BCUT2D eigenvalue weighted by atomic mass is 32.2. The van der Waals surface area contributed by atoms with Gasteiger partial charge in [0.05, 0.1) is 4.70 Å². The van der Waals surface area contributed by atoms with Gasteiger partial charge in [-0.3, -0.25) is 9.69 Å². The van der Waals surface area contributed by atoms with Crippen molar-refractivity contribution < 1.29 is 18.0 Å². The van der Waals surface area contributed by atoms with Crippen molar-refractivity contribution in [1.82, 2.24) is 9.88 Å². The molecular weight excluding hydrogens is 431 g/mol. The highest BCUT2D eigenvalue weighted by Gasteiger charge is 2.21. The number of thioether (sulfide) groups is 1. The van der Waals surface area contributed by atoms with Crippen molar-refractivity contribution in [3.05, 3.63) is 53.8 Å². The number of benzene rings is 2. The lowest BCUT2D eigenvalue weighted by atomic mass is 10.3. The second-order valence-electron chi connectivity index (χ2n) is 6.99. The summed E-state index contributed by atoms with van der Waals surface area (Å²) < 4.78 is 41.0. The molecule has 0 saturated carbocycles. The molecule has 30 heavy (non-hydrogen) atoms. The van der Waals surface area contributed by atoms with E-state index in [4.69, 9.17) is 0 Å². The van der Waals surface area contributed by atoms with Gasteiger partial charge < -0.3 is 4.90 Å². The molecule has 0 N–H and O–H groups in total.